The number of hydrogen-bond donors (Lipinski definition) is 1. The van der Waals surface area contributed by atoms with Gasteiger partial charge in [-0.1, -0.05) is 6.58 Å². The van der Waals surface area contributed by atoms with Crippen molar-refractivity contribution in [2.24, 2.45) is 5.41 Å². The second kappa shape index (κ2) is 3.39. The maximum Gasteiger partial charge on any atom is 0.248 e. The van der Waals surface area contributed by atoms with Crippen LogP contribution in [0.1, 0.15) is 19.8 Å². The molecule has 0 saturated carbocycles. The van der Waals surface area contributed by atoms with Crippen molar-refractivity contribution in [3.8, 4) is 0 Å². The zero-order valence-corrected chi connectivity index (χ0v) is 8.81. The fourth-order valence-electron chi connectivity index (χ4n) is 2.45. The molecule has 0 aromatic rings. The largest absolute Gasteiger partial charge is 0.338 e. The first-order valence-corrected chi connectivity index (χ1v) is 5.29. The van der Waals surface area contributed by atoms with Crippen LogP contribution >= 0.6 is 0 Å². The average Bonchev–Trinajstić information content (AvgIpc) is 2.14. The van der Waals surface area contributed by atoms with Crippen molar-refractivity contribution in [3.63, 3.8) is 0 Å². The first-order chi connectivity index (χ1) is 6.63. The molecule has 2 saturated heterocycles. The highest BCUT2D eigenvalue weighted by molar-refractivity contribution is 5.92. The van der Waals surface area contributed by atoms with Gasteiger partial charge in [-0.15, -0.1) is 0 Å². The Hall–Kier alpha value is -0.830. The zero-order valence-electron chi connectivity index (χ0n) is 8.81. The third kappa shape index (κ3) is 1.57. The summed E-state index contributed by atoms with van der Waals surface area (Å²) < 4.78 is 0. The van der Waals surface area contributed by atoms with E-state index >= 15 is 0 Å². The molecule has 1 N–H and O–H groups in total. The van der Waals surface area contributed by atoms with Crippen LogP contribution in [0.2, 0.25) is 0 Å². The SMILES string of the molecule is C=C(C)C(=O)N1CC2(CCNCC2)C1. The van der Waals surface area contributed by atoms with Gasteiger partial charge >= 0.3 is 0 Å². The van der Waals surface area contributed by atoms with E-state index in [4.69, 9.17) is 0 Å². The van der Waals surface area contributed by atoms with E-state index < -0.39 is 0 Å². The van der Waals surface area contributed by atoms with Crippen molar-refractivity contribution in [1.82, 2.24) is 10.2 Å². The van der Waals surface area contributed by atoms with Gasteiger partial charge in [-0.25, -0.2) is 0 Å². The number of nitrogens with zero attached hydrogens (tertiary/aromatic N) is 1. The minimum absolute atomic E-state index is 0.133. The lowest BCUT2D eigenvalue weighted by atomic mass is 9.72. The third-order valence-corrected chi connectivity index (χ3v) is 3.37. The Morgan fingerprint density at radius 1 is 1.36 bits per heavy atom. The van der Waals surface area contributed by atoms with E-state index in [1.165, 1.54) is 12.8 Å². The summed E-state index contributed by atoms with van der Waals surface area (Å²) in [5.74, 6) is 0.133. The van der Waals surface area contributed by atoms with Gasteiger partial charge in [-0.2, -0.15) is 0 Å². The van der Waals surface area contributed by atoms with E-state index in [0.717, 1.165) is 26.2 Å². The lowest BCUT2D eigenvalue weighted by Crippen LogP contribution is -2.61. The van der Waals surface area contributed by atoms with E-state index in [1.807, 2.05) is 4.90 Å². The molecule has 0 bridgehead atoms. The van der Waals surface area contributed by atoms with Crippen molar-refractivity contribution in [1.29, 1.82) is 0 Å². The summed E-state index contributed by atoms with van der Waals surface area (Å²) in [4.78, 5) is 13.5. The highest BCUT2D eigenvalue weighted by atomic mass is 16.2. The molecule has 2 aliphatic rings. The smallest absolute Gasteiger partial charge is 0.248 e. The van der Waals surface area contributed by atoms with Gasteiger partial charge in [-0.05, 0) is 32.9 Å². The Morgan fingerprint density at radius 2 is 1.93 bits per heavy atom. The molecule has 2 rings (SSSR count). The van der Waals surface area contributed by atoms with E-state index in [9.17, 15) is 4.79 Å². The number of carbonyl (C=O) groups excluding carboxylic acids is 1. The van der Waals surface area contributed by atoms with Gasteiger partial charge in [0.2, 0.25) is 5.91 Å². The fraction of sp³-hybridized carbons (Fsp3) is 0.727. The molecule has 0 atom stereocenters. The summed E-state index contributed by atoms with van der Waals surface area (Å²) in [7, 11) is 0. The minimum atomic E-state index is 0.133. The van der Waals surface area contributed by atoms with Crippen LogP contribution in [0.4, 0.5) is 0 Å². The number of rotatable bonds is 1. The number of likely N-dealkylation sites (tertiary alicyclic amines) is 1. The summed E-state index contributed by atoms with van der Waals surface area (Å²) in [5, 5.41) is 3.35. The number of piperidine rings is 1. The summed E-state index contributed by atoms with van der Waals surface area (Å²) in [6.07, 6.45) is 2.43. The Labute approximate surface area is 85.2 Å². The molecule has 0 radical (unpaired) electrons. The van der Waals surface area contributed by atoms with E-state index in [-0.39, 0.29) is 5.91 Å². The molecule has 0 aromatic heterocycles. The highest BCUT2D eigenvalue weighted by Gasteiger charge is 2.45. The molecule has 1 spiro atoms. The average molecular weight is 194 g/mol. The fourth-order valence-corrected chi connectivity index (χ4v) is 2.45. The Bertz CT molecular complexity index is 258. The van der Waals surface area contributed by atoms with Crippen molar-refractivity contribution in [2.45, 2.75) is 19.8 Å². The molecule has 3 heteroatoms. The lowest BCUT2D eigenvalue weighted by Gasteiger charge is -2.52. The molecule has 14 heavy (non-hydrogen) atoms. The van der Waals surface area contributed by atoms with Crippen LogP contribution < -0.4 is 5.32 Å². The predicted molar refractivity (Wildman–Crippen MR) is 55.9 cm³/mol. The molecule has 3 nitrogen and oxygen atoms in total. The Balaban J connectivity index is 1.88. The first kappa shape index (κ1) is 9.71. The summed E-state index contributed by atoms with van der Waals surface area (Å²) in [6.45, 7) is 9.58. The second-order valence-electron chi connectivity index (χ2n) is 4.69. The van der Waals surface area contributed by atoms with Crippen LogP contribution in [0.5, 0.6) is 0 Å². The van der Waals surface area contributed by atoms with Gasteiger partial charge in [0, 0.05) is 24.1 Å². The lowest BCUT2D eigenvalue weighted by molar-refractivity contribution is -0.140. The van der Waals surface area contributed by atoms with Crippen molar-refractivity contribution in [3.05, 3.63) is 12.2 Å². The van der Waals surface area contributed by atoms with Crippen LogP contribution in [-0.4, -0.2) is 37.0 Å². The minimum Gasteiger partial charge on any atom is -0.338 e. The third-order valence-electron chi connectivity index (χ3n) is 3.37. The molecule has 0 unspecified atom stereocenters. The quantitative estimate of drug-likeness (QED) is 0.625. The maximum atomic E-state index is 11.6. The van der Waals surface area contributed by atoms with Crippen LogP contribution in [-0.2, 0) is 4.79 Å². The Kier molecular flexibility index (Phi) is 2.35. The number of amides is 1. The highest BCUT2D eigenvalue weighted by Crippen LogP contribution is 2.38. The van der Waals surface area contributed by atoms with Gasteiger partial charge in [-0.3, -0.25) is 4.79 Å². The molecule has 2 heterocycles. The molecule has 2 fully saturated rings. The van der Waals surface area contributed by atoms with Gasteiger partial charge in [0.05, 0.1) is 0 Å². The molecular formula is C11H18N2O. The normalized spacial score (nSPS) is 24.5. The molecule has 1 amide bonds. The van der Waals surface area contributed by atoms with Crippen molar-refractivity contribution in [2.75, 3.05) is 26.2 Å². The van der Waals surface area contributed by atoms with Crippen molar-refractivity contribution >= 4 is 5.91 Å². The van der Waals surface area contributed by atoms with Crippen LogP contribution in [0.15, 0.2) is 12.2 Å². The predicted octanol–water partition coefficient (Wildman–Crippen LogP) is 0.774. The first-order valence-electron chi connectivity index (χ1n) is 5.29. The van der Waals surface area contributed by atoms with Crippen LogP contribution in [0, 0.1) is 5.41 Å². The molecule has 2 aliphatic heterocycles. The van der Waals surface area contributed by atoms with Crippen LogP contribution in [0.25, 0.3) is 0 Å². The number of carbonyl (C=O) groups is 1. The summed E-state index contributed by atoms with van der Waals surface area (Å²) in [6, 6.07) is 0. The molecule has 78 valence electrons. The van der Waals surface area contributed by atoms with E-state index in [0.29, 0.717) is 11.0 Å². The molecular weight excluding hydrogens is 176 g/mol. The van der Waals surface area contributed by atoms with Gasteiger partial charge < -0.3 is 10.2 Å². The topological polar surface area (TPSA) is 32.3 Å². The zero-order chi connectivity index (χ0) is 10.2. The van der Waals surface area contributed by atoms with Crippen LogP contribution in [0.3, 0.4) is 0 Å². The number of nitrogens with one attached hydrogen (secondary N) is 1. The van der Waals surface area contributed by atoms with E-state index in [1.54, 1.807) is 6.92 Å². The molecule has 0 aliphatic carbocycles. The van der Waals surface area contributed by atoms with Crippen molar-refractivity contribution < 1.29 is 4.79 Å². The molecule has 0 aromatic carbocycles. The summed E-state index contributed by atoms with van der Waals surface area (Å²) >= 11 is 0. The second-order valence-corrected chi connectivity index (χ2v) is 4.69. The van der Waals surface area contributed by atoms with Gasteiger partial charge in [0.15, 0.2) is 0 Å². The standard InChI is InChI=1S/C11H18N2O/c1-9(2)10(14)13-7-11(8-13)3-5-12-6-4-11/h12H,1,3-8H2,2H3. The van der Waals surface area contributed by atoms with Gasteiger partial charge in [0.1, 0.15) is 0 Å². The van der Waals surface area contributed by atoms with Gasteiger partial charge in [0.25, 0.3) is 0 Å². The Morgan fingerprint density at radius 3 is 2.43 bits per heavy atom. The van der Waals surface area contributed by atoms with E-state index in [2.05, 4.69) is 11.9 Å². The monoisotopic (exact) mass is 194 g/mol. The maximum absolute atomic E-state index is 11.6. The number of hydrogen-bond acceptors (Lipinski definition) is 2. The summed E-state index contributed by atoms with van der Waals surface area (Å²) in [5.41, 5.74) is 1.10.